The van der Waals surface area contributed by atoms with Crippen LogP contribution >= 0.6 is 0 Å². The third-order valence-electron chi connectivity index (χ3n) is 0.445. The topological polar surface area (TPSA) is 80.6 Å². The molecule has 2 N–H and O–H groups in total. The summed E-state index contributed by atoms with van der Waals surface area (Å²) in [6.07, 6.45) is -1.74. The van der Waals surface area contributed by atoms with E-state index in [9.17, 15) is 9.90 Å². The van der Waals surface area contributed by atoms with Crippen LogP contribution < -0.4 is 56.5 Å². The zero-order valence-corrected chi connectivity index (χ0v) is 7.62. The fourth-order valence-electron chi connectivity index (χ4n) is 0.0745. The third-order valence-corrected chi connectivity index (χ3v) is 0.445. The molecule has 0 saturated carbocycles. The second kappa shape index (κ2) is 6.15. The quantitative estimate of drug-likeness (QED) is 0.378. The van der Waals surface area contributed by atoms with Gasteiger partial charge in [-0.3, -0.25) is 0 Å². The number of carbonyl (C=O) groups is 1. The summed E-state index contributed by atoms with van der Waals surface area (Å²) in [4.78, 5) is 9.41. The molecule has 1 unspecified atom stereocenters. The molecule has 4 nitrogen and oxygen atoms in total. The van der Waals surface area contributed by atoms with Gasteiger partial charge in [0.1, 0.15) is 6.10 Å². The Balaban J connectivity index is 0. The monoisotopic (exact) mass is 144 g/mol. The maximum absolute atomic E-state index is 9.41. The fourth-order valence-corrected chi connectivity index (χ4v) is 0.0745. The zero-order valence-electron chi connectivity index (χ0n) is 4.50. The van der Waals surface area contributed by atoms with E-state index in [0.717, 1.165) is 0 Å². The van der Waals surface area contributed by atoms with Gasteiger partial charge in [-0.15, -0.1) is 0 Å². The van der Waals surface area contributed by atoms with E-state index in [1.807, 2.05) is 0 Å². The molecule has 0 aromatic carbocycles. The molecule has 0 amide bonds. The van der Waals surface area contributed by atoms with Crippen LogP contribution in [0.5, 0.6) is 0 Å². The van der Waals surface area contributed by atoms with Crippen molar-refractivity contribution in [1.29, 1.82) is 0 Å². The number of hydrogen-bond acceptors (Lipinski definition) is 4. The van der Waals surface area contributed by atoms with Crippen LogP contribution in [-0.2, 0) is 4.79 Å². The van der Waals surface area contributed by atoms with Gasteiger partial charge in [0.2, 0.25) is 0 Å². The Hall–Kier alpha value is 1.03. The molecule has 0 spiro atoms. The first-order chi connectivity index (χ1) is 3.18. The van der Waals surface area contributed by atoms with Crippen LogP contribution in [0, 0.1) is 0 Å². The summed E-state index contributed by atoms with van der Waals surface area (Å²) in [6, 6.07) is 0. The van der Waals surface area contributed by atoms with Crippen molar-refractivity contribution in [3.8, 4) is 0 Å². The first-order valence-corrected chi connectivity index (χ1v) is 1.68. The molecular weight excluding hydrogens is 139 g/mol. The average Bonchev–Trinajstić information content (AvgIpc) is 1.65. The van der Waals surface area contributed by atoms with Crippen LogP contribution in [0.2, 0.25) is 0 Å². The SMILES string of the molecule is O=C([O-])C(O)CO.[K+]. The summed E-state index contributed by atoms with van der Waals surface area (Å²) in [5, 5.41) is 25.3. The molecule has 0 aromatic heterocycles. The van der Waals surface area contributed by atoms with Gasteiger partial charge in [0.05, 0.1) is 12.6 Å². The van der Waals surface area contributed by atoms with Gasteiger partial charge in [-0.2, -0.15) is 0 Å². The van der Waals surface area contributed by atoms with Gasteiger partial charge in [-0.05, 0) is 0 Å². The summed E-state index contributed by atoms with van der Waals surface area (Å²) >= 11 is 0. The number of carboxylic acids is 1. The van der Waals surface area contributed by atoms with E-state index in [4.69, 9.17) is 10.2 Å². The van der Waals surface area contributed by atoms with E-state index in [1.54, 1.807) is 0 Å². The predicted octanol–water partition coefficient (Wildman–Crippen LogP) is -5.91. The Morgan fingerprint density at radius 3 is 2.12 bits per heavy atom. The summed E-state index contributed by atoms with van der Waals surface area (Å²) in [5.41, 5.74) is 0. The van der Waals surface area contributed by atoms with E-state index in [-0.39, 0.29) is 51.4 Å². The van der Waals surface area contributed by atoms with E-state index in [2.05, 4.69) is 0 Å². The standard InChI is InChI=1S/C3H6O4.K/c4-1-2(5)3(6)7;/h2,4-5H,1H2,(H,6,7);/q;+1/p-1. The van der Waals surface area contributed by atoms with Crippen molar-refractivity contribution in [2.75, 3.05) is 6.61 Å². The molecule has 1 atom stereocenters. The van der Waals surface area contributed by atoms with Crippen molar-refractivity contribution >= 4 is 5.97 Å². The molecule has 0 aliphatic carbocycles. The van der Waals surface area contributed by atoms with Crippen molar-refractivity contribution in [2.24, 2.45) is 0 Å². The number of aliphatic carboxylic acids is 1. The van der Waals surface area contributed by atoms with E-state index < -0.39 is 18.7 Å². The second-order valence-corrected chi connectivity index (χ2v) is 1.02. The fraction of sp³-hybridized carbons (Fsp3) is 0.667. The maximum atomic E-state index is 9.41. The van der Waals surface area contributed by atoms with Crippen LogP contribution in [0.15, 0.2) is 0 Å². The molecule has 0 heterocycles. The molecule has 8 heavy (non-hydrogen) atoms. The Morgan fingerprint density at radius 1 is 1.75 bits per heavy atom. The van der Waals surface area contributed by atoms with E-state index in [0.29, 0.717) is 0 Å². The van der Waals surface area contributed by atoms with Crippen LogP contribution in [0.1, 0.15) is 0 Å². The smallest absolute Gasteiger partial charge is 0.547 e. The van der Waals surface area contributed by atoms with Crippen molar-refractivity contribution in [1.82, 2.24) is 0 Å². The Labute approximate surface area is 88.9 Å². The summed E-state index contributed by atoms with van der Waals surface area (Å²) in [6.45, 7) is -0.789. The Bertz CT molecular complexity index is 73.7. The molecule has 0 rings (SSSR count). The van der Waals surface area contributed by atoms with E-state index >= 15 is 0 Å². The van der Waals surface area contributed by atoms with Gasteiger partial charge < -0.3 is 20.1 Å². The molecule has 0 radical (unpaired) electrons. The normalized spacial score (nSPS) is 11.8. The Kier molecular flexibility index (Phi) is 9.06. The van der Waals surface area contributed by atoms with Crippen LogP contribution in [-0.4, -0.2) is 28.9 Å². The second-order valence-electron chi connectivity index (χ2n) is 1.02. The molecule has 0 aromatic rings. The van der Waals surface area contributed by atoms with Crippen LogP contribution in [0.25, 0.3) is 0 Å². The van der Waals surface area contributed by atoms with Gasteiger partial charge in [-0.25, -0.2) is 0 Å². The van der Waals surface area contributed by atoms with Gasteiger partial charge in [0.25, 0.3) is 0 Å². The number of carbonyl (C=O) groups excluding carboxylic acids is 1. The van der Waals surface area contributed by atoms with Crippen LogP contribution in [0.4, 0.5) is 0 Å². The predicted molar refractivity (Wildman–Crippen MR) is 18.1 cm³/mol. The minimum atomic E-state index is -1.74. The first-order valence-electron chi connectivity index (χ1n) is 1.68. The number of aliphatic hydroxyl groups is 2. The molecule has 0 bridgehead atoms. The summed E-state index contributed by atoms with van der Waals surface area (Å²) in [5.74, 6) is -1.65. The Morgan fingerprint density at radius 2 is 2.12 bits per heavy atom. The first kappa shape index (κ1) is 11.8. The summed E-state index contributed by atoms with van der Waals surface area (Å²) in [7, 11) is 0. The van der Waals surface area contributed by atoms with E-state index in [1.165, 1.54) is 0 Å². The number of hydrogen-bond donors (Lipinski definition) is 2. The van der Waals surface area contributed by atoms with Gasteiger partial charge in [-0.1, -0.05) is 0 Å². The number of aliphatic hydroxyl groups excluding tert-OH is 2. The minimum absolute atomic E-state index is 0. The van der Waals surface area contributed by atoms with Crippen LogP contribution in [0.3, 0.4) is 0 Å². The molecule has 0 saturated heterocycles. The van der Waals surface area contributed by atoms with Crippen molar-refractivity contribution in [2.45, 2.75) is 6.10 Å². The van der Waals surface area contributed by atoms with Gasteiger partial charge >= 0.3 is 51.4 Å². The molecule has 5 heteroatoms. The van der Waals surface area contributed by atoms with Gasteiger partial charge in [0.15, 0.2) is 0 Å². The third kappa shape index (κ3) is 5.17. The van der Waals surface area contributed by atoms with Crippen molar-refractivity contribution in [3.63, 3.8) is 0 Å². The maximum Gasteiger partial charge on any atom is 1.00 e. The molecule has 0 aliphatic rings. The van der Waals surface area contributed by atoms with Crippen molar-refractivity contribution < 1.29 is 71.5 Å². The van der Waals surface area contributed by atoms with Crippen molar-refractivity contribution in [3.05, 3.63) is 0 Å². The molecule has 0 aliphatic heterocycles. The summed E-state index contributed by atoms with van der Waals surface area (Å²) < 4.78 is 0. The molecule has 42 valence electrons. The zero-order chi connectivity index (χ0) is 5.86. The molecular formula is C3H5KO4. The minimum Gasteiger partial charge on any atom is -0.547 e. The number of rotatable bonds is 2. The average molecular weight is 144 g/mol. The molecule has 0 fully saturated rings. The largest absolute Gasteiger partial charge is 1.00 e. The van der Waals surface area contributed by atoms with Gasteiger partial charge in [0, 0.05) is 0 Å². The number of carboxylic acid groups (broad SMARTS) is 1.